The number of ether oxygens (including phenoxy) is 1. The Balaban J connectivity index is 1.66. The van der Waals surface area contributed by atoms with Crippen LogP contribution in [0.2, 0.25) is 10.0 Å². The third-order valence-corrected chi connectivity index (χ3v) is 5.04. The molecule has 3 rings (SSSR count). The van der Waals surface area contributed by atoms with Gasteiger partial charge in [-0.25, -0.2) is 0 Å². The van der Waals surface area contributed by atoms with Crippen molar-refractivity contribution in [3.05, 3.63) is 69.2 Å². The maximum atomic E-state index is 12.6. The zero-order chi connectivity index (χ0) is 18.5. The Morgan fingerprint density at radius 2 is 1.96 bits per heavy atom. The van der Waals surface area contributed by atoms with Crippen LogP contribution in [-0.2, 0) is 11.3 Å². The van der Waals surface area contributed by atoms with Gasteiger partial charge in [0.25, 0.3) is 5.91 Å². The van der Waals surface area contributed by atoms with Crippen LogP contribution in [0.15, 0.2) is 42.5 Å². The number of carbonyl (C=O) groups excluding carboxylic acids is 1. The van der Waals surface area contributed by atoms with Crippen molar-refractivity contribution >= 4 is 29.1 Å². The van der Waals surface area contributed by atoms with E-state index in [1.54, 1.807) is 12.1 Å². The average Bonchev–Trinajstić information content (AvgIpc) is 2.62. The van der Waals surface area contributed by atoms with Crippen LogP contribution < -0.4 is 5.32 Å². The lowest BCUT2D eigenvalue weighted by molar-refractivity contribution is 0.0342. The standard InChI is InChI=1S/C20H22Cl2N2O2/c1-14(18-6-5-17(21)12-19(18)22)23-20(25)16-4-2-3-15(11-16)13-24-7-9-26-10-8-24/h2-6,11-12,14H,7-10,13H2,1H3,(H,23,25). The molecule has 1 amide bonds. The van der Waals surface area contributed by atoms with E-state index in [0.717, 1.165) is 44.0 Å². The Kier molecular flexibility index (Phi) is 6.54. The van der Waals surface area contributed by atoms with Crippen molar-refractivity contribution in [3.8, 4) is 0 Å². The number of nitrogens with one attached hydrogen (secondary N) is 1. The minimum absolute atomic E-state index is 0.118. The van der Waals surface area contributed by atoms with Crippen molar-refractivity contribution in [2.24, 2.45) is 0 Å². The van der Waals surface area contributed by atoms with Crippen molar-refractivity contribution in [2.45, 2.75) is 19.5 Å². The molecule has 1 aliphatic rings. The molecule has 26 heavy (non-hydrogen) atoms. The largest absolute Gasteiger partial charge is 0.379 e. The van der Waals surface area contributed by atoms with Crippen molar-refractivity contribution in [3.63, 3.8) is 0 Å². The van der Waals surface area contributed by atoms with Gasteiger partial charge >= 0.3 is 0 Å². The molecule has 1 saturated heterocycles. The lowest BCUT2D eigenvalue weighted by Gasteiger charge is -2.26. The van der Waals surface area contributed by atoms with E-state index in [2.05, 4.69) is 10.2 Å². The van der Waals surface area contributed by atoms with E-state index < -0.39 is 0 Å². The molecule has 0 aliphatic carbocycles. The Morgan fingerprint density at radius 1 is 1.19 bits per heavy atom. The molecule has 138 valence electrons. The third-order valence-electron chi connectivity index (χ3n) is 4.48. The highest BCUT2D eigenvalue weighted by Crippen LogP contribution is 2.26. The first kappa shape index (κ1) is 19.2. The van der Waals surface area contributed by atoms with Crippen molar-refractivity contribution in [1.82, 2.24) is 10.2 Å². The summed E-state index contributed by atoms with van der Waals surface area (Å²) in [6.45, 7) is 6.10. The first-order chi connectivity index (χ1) is 12.5. The number of rotatable bonds is 5. The average molecular weight is 393 g/mol. The van der Waals surface area contributed by atoms with Gasteiger partial charge in [0.05, 0.1) is 19.3 Å². The van der Waals surface area contributed by atoms with E-state index in [0.29, 0.717) is 15.6 Å². The summed E-state index contributed by atoms with van der Waals surface area (Å²) in [7, 11) is 0. The van der Waals surface area contributed by atoms with Gasteiger partial charge in [-0.3, -0.25) is 9.69 Å². The fourth-order valence-electron chi connectivity index (χ4n) is 3.04. The van der Waals surface area contributed by atoms with Gasteiger partial charge in [0.15, 0.2) is 0 Å². The molecule has 0 radical (unpaired) electrons. The number of hydrogen-bond donors (Lipinski definition) is 1. The fourth-order valence-corrected chi connectivity index (χ4v) is 3.61. The number of amides is 1. The highest BCUT2D eigenvalue weighted by atomic mass is 35.5. The summed E-state index contributed by atoms with van der Waals surface area (Å²) in [4.78, 5) is 15.0. The molecule has 1 unspecified atom stereocenters. The number of halogens is 2. The second-order valence-electron chi connectivity index (χ2n) is 6.45. The van der Waals surface area contributed by atoms with Crippen LogP contribution in [0.5, 0.6) is 0 Å². The summed E-state index contributed by atoms with van der Waals surface area (Å²) in [5, 5.41) is 4.13. The lowest BCUT2D eigenvalue weighted by atomic mass is 10.1. The Labute approximate surface area is 164 Å². The molecule has 2 aromatic carbocycles. The molecule has 6 heteroatoms. The van der Waals surface area contributed by atoms with Crippen LogP contribution in [0.4, 0.5) is 0 Å². The fraction of sp³-hybridized carbons (Fsp3) is 0.350. The van der Waals surface area contributed by atoms with Gasteiger partial charge in [-0.15, -0.1) is 0 Å². The normalized spacial score (nSPS) is 16.3. The van der Waals surface area contributed by atoms with Crippen LogP contribution in [0, 0.1) is 0 Å². The van der Waals surface area contributed by atoms with Gasteiger partial charge < -0.3 is 10.1 Å². The molecule has 1 N–H and O–H groups in total. The molecule has 4 nitrogen and oxygen atoms in total. The molecule has 0 spiro atoms. The second kappa shape index (κ2) is 8.87. The Hall–Kier alpha value is -1.59. The highest BCUT2D eigenvalue weighted by Gasteiger charge is 2.16. The first-order valence-corrected chi connectivity index (χ1v) is 9.43. The summed E-state index contributed by atoms with van der Waals surface area (Å²) >= 11 is 12.2. The Bertz CT molecular complexity index is 776. The molecule has 2 aromatic rings. The molecular weight excluding hydrogens is 371 g/mol. The molecular formula is C20H22Cl2N2O2. The molecule has 0 bridgehead atoms. The number of hydrogen-bond acceptors (Lipinski definition) is 3. The van der Waals surface area contributed by atoms with Crippen LogP contribution in [0.25, 0.3) is 0 Å². The van der Waals surface area contributed by atoms with E-state index in [1.165, 1.54) is 0 Å². The summed E-state index contributed by atoms with van der Waals surface area (Å²) < 4.78 is 5.38. The molecule has 0 saturated carbocycles. The smallest absolute Gasteiger partial charge is 0.251 e. The van der Waals surface area contributed by atoms with E-state index in [4.69, 9.17) is 27.9 Å². The predicted octanol–water partition coefficient (Wildman–Crippen LogP) is 4.32. The van der Waals surface area contributed by atoms with Gasteiger partial charge in [-0.1, -0.05) is 41.4 Å². The summed E-state index contributed by atoms with van der Waals surface area (Å²) in [5.74, 6) is -0.118. The summed E-state index contributed by atoms with van der Waals surface area (Å²) in [6.07, 6.45) is 0. The van der Waals surface area contributed by atoms with Gasteiger partial charge in [0.2, 0.25) is 0 Å². The van der Waals surface area contributed by atoms with E-state index in [-0.39, 0.29) is 11.9 Å². The van der Waals surface area contributed by atoms with Crippen LogP contribution in [0.3, 0.4) is 0 Å². The second-order valence-corrected chi connectivity index (χ2v) is 7.29. The highest BCUT2D eigenvalue weighted by molar-refractivity contribution is 6.35. The minimum Gasteiger partial charge on any atom is -0.379 e. The van der Waals surface area contributed by atoms with Crippen LogP contribution in [0.1, 0.15) is 34.5 Å². The molecule has 1 aliphatic heterocycles. The maximum Gasteiger partial charge on any atom is 0.251 e. The SMILES string of the molecule is CC(NC(=O)c1cccc(CN2CCOCC2)c1)c1ccc(Cl)cc1Cl. The molecule has 0 aromatic heterocycles. The van der Waals surface area contributed by atoms with E-state index in [1.807, 2.05) is 37.3 Å². The van der Waals surface area contributed by atoms with Crippen molar-refractivity contribution in [2.75, 3.05) is 26.3 Å². The lowest BCUT2D eigenvalue weighted by Crippen LogP contribution is -2.35. The first-order valence-electron chi connectivity index (χ1n) is 8.68. The zero-order valence-electron chi connectivity index (χ0n) is 14.7. The maximum absolute atomic E-state index is 12.6. The monoisotopic (exact) mass is 392 g/mol. The third kappa shape index (κ3) is 4.98. The van der Waals surface area contributed by atoms with Crippen molar-refractivity contribution in [1.29, 1.82) is 0 Å². The molecule has 1 atom stereocenters. The van der Waals surface area contributed by atoms with Crippen LogP contribution in [-0.4, -0.2) is 37.1 Å². The summed E-state index contributed by atoms with van der Waals surface area (Å²) in [6, 6.07) is 12.8. The summed E-state index contributed by atoms with van der Waals surface area (Å²) in [5.41, 5.74) is 2.61. The Morgan fingerprint density at radius 3 is 2.69 bits per heavy atom. The van der Waals surface area contributed by atoms with Gasteiger partial charge in [0.1, 0.15) is 0 Å². The number of benzene rings is 2. The molecule has 1 heterocycles. The van der Waals surface area contributed by atoms with Crippen LogP contribution >= 0.6 is 23.2 Å². The molecule has 1 fully saturated rings. The minimum atomic E-state index is -0.213. The predicted molar refractivity (Wildman–Crippen MR) is 105 cm³/mol. The quantitative estimate of drug-likeness (QED) is 0.823. The number of nitrogens with zero attached hydrogens (tertiary/aromatic N) is 1. The van der Waals surface area contributed by atoms with Gasteiger partial charge in [-0.2, -0.15) is 0 Å². The zero-order valence-corrected chi connectivity index (χ0v) is 16.2. The van der Waals surface area contributed by atoms with Gasteiger partial charge in [-0.05, 0) is 42.3 Å². The number of morpholine rings is 1. The van der Waals surface area contributed by atoms with E-state index in [9.17, 15) is 4.79 Å². The number of carbonyl (C=O) groups is 1. The van der Waals surface area contributed by atoms with Gasteiger partial charge in [0, 0.05) is 35.2 Å². The van der Waals surface area contributed by atoms with Crippen molar-refractivity contribution < 1.29 is 9.53 Å². The van der Waals surface area contributed by atoms with E-state index >= 15 is 0 Å². The topological polar surface area (TPSA) is 41.6 Å².